The van der Waals surface area contributed by atoms with Gasteiger partial charge in [-0.1, -0.05) is 36.4 Å². The van der Waals surface area contributed by atoms with Gasteiger partial charge in [-0.2, -0.15) is 5.26 Å². The Morgan fingerprint density at radius 3 is 2.52 bits per heavy atom. The van der Waals surface area contributed by atoms with E-state index in [2.05, 4.69) is 6.07 Å². The number of hydrogen-bond acceptors (Lipinski definition) is 5. The molecule has 5 rings (SSSR count). The van der Waals surface area contributed by atoms with Crippen LogP contribution in [0.2, 0.25) is 0 Å². The molecule has 4 atom stereocenters. The highest BCUT2D eigenvalue weighted by Gasteiger charge is 2.72. The van der Waals surface area contributed by atoms with E-state index in [1.165, 1.54) is 0 Å². The normalized spacial score (nSPS) is 32.1. The number of anilines is 1. The van der Waals surface area contributed by atoms with Gasteiger partial charge in [0.2, 0.25) is 11.8 Å². The first-order valence-corrected chi connectivity index (χ1v) is 9.23. The summed E-state index contributed by atoms with van der Waals surface area (Å²) in [5, 5.41) is 20.0. The number of carboxylic acid groups (broad SMARTS) is 1. The van der Waals surface area contributed by atoms with Gasteiger partial charge in [0.15, 0.2) is 0 Å². The number of carboxylic acids is 1. The average Bonchev–Trinajstić information content (AvgIpc) is 3.25. The molecule has 2 saturated heterocycles. The molecule has 3 heterocycles. The highest BCUT2D eigenvalue weighted by Crippen LogP contribution is 2.59. The quantitative estimate of drug-likeness (QED) is 0.639. The molecule has 2 bridgehead atoms. The Labute approximate surface area is 165 Å². The van der Waals surface area contributed by atoms with Gasteiger partial charge in [0.05, 0.1) is 41.2 Å². The Balaban J connectivity index is 1.67. The zero-order valence-electron chi connectivity index (χ0n) is 15.5. The van der Waals surface area contributed by atoms with Crippen molar-refractivity contribution < 1.29 is 24.2 Å². The molecule has 1 N–H and O–H groups in total. The molecule has 7 heteroatoms. The number of rotatable bonds is 3. The second-order valence-electron chi connectivity index (χ2n) is 7.90. The number of hydrogen-bond donors (Lipinski definition) is 1. The van der Waals surface area contributed by atoms with Gasteiger partial charge in [-0.25, -0.2) is 4.90 Å². The predicted molar refractivity (Wildman–Crippen MR) is 102 cm³/mol. The van der Waals surface area contributed by atoms with E-state index in [1.54, 1.807) is 55.5 Å². The van der Waals surface area contributed by atoms with E-state index >= 15 is 0 Å². The molecule has 3 aliphatic heterocycles. The third kappa shape index (κ3) is 2.12. The van der Waals surface area contributed by atoms with Gasteiger partial charge in [0, 0.05) is 10.8 Å². The number of nitriles is 1. The lowest BCUT2D eigenvalue weighted by atomic mass is 9.71. The van der Waals surface area contributed by atoms with Crippen molar-refractivity contribution in [1.29, 1.82) is 5.26 Å². The van der Waals surface area contributed by atoms with Crippen molar-refractivity contribution in [3.63, 3.8) is 0 Å². The van der Waals surface area contributed by atoms with E-state index in [9.17, 15) is 24.8 Å². The van der Waals surface area contributed by atoms with Crippen LogP contribution in [-0.4, -0.2) is 34.1 Å². The zero-order valence-corrected chi connectivity index (χ0v) is 15.5. The number of amides is 2. The highest BCUT2D eigenvalue weighted by molar-refractivity contribution is 6.26. The lowest BCUT2D eigenvalue weighted by Crippen LogP contribution is -2.42. The van der Waals surface area contributed by atoms with Crippen LogP contribution in [0.3, 0.4) is 0 Å². The maximum absolute atomic E-state index is 13.4. The fourth-order valence-electron chi connectivity index (χ4n) is 5.11. The van der Waals surface area contributed by atoms with Crippen LogP contribution >= 0.6 is 0 Å². The SMILES string of the molecule is CC12C=CC(CC(=O)O)(O1)[C@@H]1C(=O)N(c3ccc(C#N)c4ccccc34)C(=O)[C@@H]12. The number of nitrogens with zero attached hydrogens (tertiary/aromatic N) is 2. The third-order valence-electron chi connectivity index (χ3n) is 6.25. The van der Waals surface area contributed by atoms with E-state index in [4.69, 9.17) is 4.74 Å². The summed E-state index contributed by atoms with van der Waals surface area (Å²) in [6, 6.07) is 12.4. The van der Waals surface area contributed by atoms with Crippen molar-refractivity contribution in [2.75, 3.05) is 4.90 Å². The van der Waals surface area contributed by atoms with E-state index < -0.39 is 40.8 Å². The number of ether oxygens (including phenoxy) is 1. The lowest BCUT2D eigenvalue weighted by Gasteiger charge is -2.28. The molecule has 0 aromatic heterocycles. The number of carbonyl (C=O) groups is 3. The molecule has 2 aromatic carbocycles. The molecule has 2 amide bonds. The standard InChI is InChI=1S/C22H16N2O5/c1-21-8-9-22(29-21,10-16(25)26)18-17(21)19(27)24(20(18)28)15-7-6-12(11-23)13-4-2-3-5-14(13)15/h2-9,17-18H,10H2,1H3,(H,25,26)/t17-,18+,21?,22?/m1/s1. The molecular formula is C22H16N2O5. The second-order valence-corrected chi connectivity index (χ2v) is 7.90. The van der Waals surface area contributed by atoms with Crippen LogP contribution in [0.1, 0.15) is 18.9 Å². The Kier molecular flexibility index (Phi) is 3.35. The van der Waals surface area contributed by atoms with E-state index in [-0.39, 0.29) is 6.42 Å². The molecule has 0 saturated carbocycles. The van der Waals surface area contributed by atoms with Crippen LogP contribution in [0.25, 0.3) is 10.8 Å². The summed E-state index contributed by atoms with van der Waals surface area (Å²) >= 11 is 0. The van der Waals surface area contributed by atoms with E-state index in [1.807, 2.05) is 0 Å². The largest absolute Gasteiger partial charge is 0.481 e. The zero-order chi connectivity index (χ0) is 20.6. The van der Waals surface area contributed by atoms with Crippen LogP contribution in [-0.2, 0) is 19.1 Å². The summed E-state index contributed by atoms with van der Waals surface area (Å²) < 4.78 is 5.97. The average molecular weight is 388 g/mol. The monoisotopic (exact) mass is 388 g/mol. The lowest BCUT2D eigenvalue weighted by molar-refractivity contribution is -0.145. The summed E-state index contributed by atoms with van der Waals surface area (Å²) in [5.41, 5.74) is -1.50. The molecular weight excluding hydrogens is 372 g/mol. The number of carbonyl (C=O) groups excluding carboxylic acids is 2. The Morgan fingerprint density at radius 2 is 1.83 bits per heavy atom. The summed E-state index contributed by atoms with van der Waals surface area (Å²) in [7, 11) is 0. The van der Waals surface area contributed by atoms with Crippen LogP contribution in [0.5, 0.6) is 0 Å². The third-order valence-corrected chi connectivity index (χ3v) is 6.25. The molecule has 2 aromatic rings. The van der Waals surface area contributed by atoms with Gasteiger partial charge in [-0.3, -0.25) is 14.4 Å². The van der Waals surface area contributed by atoms with Crippen LogP contribution in [0.4, 0.5) is 5.69 Å². The maximum atomic E-state index is 13.4. The van der Waals surface area contributed by atoms with E-state index in [0.717, 1.165) is 4.90 Å². The highest BCUT2D eigenvalue weighted by atomic mass is 16.5. The second kappa shape index (κ2) is 5.52. The Morgan fingerprint density at radius 1 is 1.14 bits per heavy atom. The van der Waals surface area contributed by atoms with Crippen molar-refractivity contribution >= 4 is 34.2 Å². The minimum Gasteiger partial charge on any atom is -0.481 e. The molecule has 7 nitrogen and oxygen atoms in total. The number of imide groups is 1. The molecule has 3 aliphatic rings. The molecule has 0 spiro atoms. The number of benzene rings is 2. The molecule has 29 heavy (non-hydrogen) atoms. The first-order valence-electron chi connectivity index (χ1n) is 9.23. The molecule has 0 radical (unpaired) electrons. The van der Waals surface area contributed by atoms with Gasteiger partial charge >= 0.3 is 5.97 Å². The van der Waals surface area contributed by atoms with Crippen LogP contribution in [0.15, 0.2) is 48.6 Å². The van der Waals surface area contributed by atoms with Crippen molar-refractivity contribution in [2.45, 2.75) is 24.5 Å². The van der Waals surface area contributed by atoms with Gasteiger partial charge in [0.1, 0.15) is 5.60 Å². The van der Waals surface area contributed by atoms with Crippen molar-refractivity contribution in [3.05, 3.63) is 54.1 Å². The predicted octanol–water partition coefficient (Wildman–Crippen LogP) is 2.39. The summed E-state index contributed by atoms with van der Waals surface area (Å²) in [6.45, 7) is 1.71. The van der Waals surface area contributed by atoms with E-state index in [0.29, 0.717) is 22.0 Å². The van der Waals surface area contributed by atoms with Gasteiger partial charge in [0.25, 0.3) is 0 Å². The van der Waals surface area contributed by atoms with Gasteiger partial charge in [-0.05, 0) is 19.1 Å². The number of fused-ring (bicyclic) bond motifs is 6. The molecule has 2 unspecified atom stereocenters. The van der Waals surface area contributed by atoms with Crippen molar-refractivity contribution in [3.8, 4) is 6.07 Å². The Hall–Kier alpha value is -3.50. The van der Waals surface area contributed by atoms with Crippen molar-refractivity contribution in [1.82, 2.24) is 0 Å². The molecule has 144 valence electrons. The minimum absolute atomic E-state index is 0.388. The molecule has 0 aliphatic carbocycles. The maximum Gasteiger partial charge on any atom is 0.306 e. The smallest absolute Gasteiger partial charge is 0.306 e. The topological polar surface area (TPSA) is 108 Å². The van der Waals surface area contributed by atoms with Gasteiger partial charge < -0.3 is 9.84 Å². The van der Waals surface area contributed by atoms with Crippen LogP contribution in [0, 0.1) is 23.2 Å². The van der Waals surface area contributed by atoms with Crippen molar-refractivity contribution in [2.24, 2.45) is 11.8 Å². The fraction of sp³-hybridized carbons (Fsp3) is 0.273. The first kappa shape index (κ1) is 17.6. The van der Waals surface area contributed by atoms with Gasteiger partial charge in [-0.15, -0.1) is 0 Å². The summed E-state index contributed by atoms with van der Waals surface area (Å²) in [4.78, 5) is 39.4. The Bertz CT molecular complexity index is 1200. The molecule has 2 fully saturated rings. The minimum atomic E-state index is -1.32. The number of aliphatic carboxylic acids is 1. The van der Waals surface area contributed by atoms with Crippen LogP contribution < -0.4 is 4.90 Å². The summed E-state index contributed by atoms with van der Waals surface area (Å²) in [6.07, 6.45) is 2.93. The first-order chi connectivity index (χ1) is 13.8. The fourth-order valence-corrected chi connectivity index (χ4v) is 5.11. The summed E-state index contributed by atoms with van der Waals surface area (Å²) in [5.74, 6) is -3.65.